The molecule has 3 N–H and O–H groups in total. The lowest BCUT2D eigenvalue weighted by atomic mass is 9.99. The van der Waals surface area contributed by atoms with Crippen LogP contribution in [-0.4, -0.2) is 17.1 Å². The second-order valence-corrected chi connectivity index (χ2v) is 7.88. The third-order valence-electron chi connectivity index (χ3n) is 4.93. The topological polar surface area (TPSA) is 87.0 Å². The number of aromatic amines is 2. The van der Waals surface area contributed by atoms with Crippen LogP contribution in [0.25, 0.3) is 22.2 Å². The van der Waals surface area contributed by atoms with Gasteiger partial charge in [-0.05, 0) is 72.0 Å². The highest BCUT2D eigenvalue weighted by atomic mass is 32.2. The normalized spacial score (nSPS) is 10.7. The summed E-state index contributed by atoms with van der Waals surface area (Å²) in [7, 11) is 1.41. The van der Waals surface area contributed by atoms with Crippen molar-refractivity contribution in [3.05, 3.63) is 86.2 Å². The Balaban J connectivity index is 1.61. The summed E-state index contributed by atoms with van der Waals surface area (Å²) >= 11 is 1.34. The first-order valence-corrected chi connectivity index (χ1v) is 10.4. The molecule has 32 heavy (non-hydrogen) atoms. The summed E-state index contributed by atoms with van der Waals surface area (Å²) in [5.41, 5.74) is 3.37. The minimum absolute atomic E-state index is 0.168. The highest BCUT2D eigenvalue weighted by Crippen LogP contribution is 2.32. The predicted octanol–water partition coefficient (Wildman–Crippen LogP) is 4.44. The lowest BCUT2D eigenvalue weighted by molar-refractivity contribution is 0.386. The summed E-state index contributed by atoms with van der Waals surface area (Å²) in [5, 5.41) is 0. The number of ether oxygens (including phenoxy) is 1. The van der Waals surface area contributed by atoms with Crippen LogP contribution in [0.1, 0.15) is 11.1 Å². The van der Waals surface area contributed by atoms with Gasteiger partial charge in [0.1, 0.15) is 0 Å². The molecule has 4 aromatic rings. The van der Waals surface area contributed by atoms with E-state index in [0.717, 1.165) is 21.7 Å². The fraction of sp³-hybridized carbons (Fsp3) is 0.0833. The molecule has 0 atom stereocenters. The van der Waals surface area contributed by atoms with Crippen LogP contribution in [0.3, 0.4) is 0 Å². The SMILES string of the molecule is C#Cc1cc(NSc2cc3[nH]c(=O)c(=O)[nH]c3cc2C)ccc1-c1ccc(OC)c(F)c1. The Hall–Kier alpha value is -3.96. The molecule has 0 bridgehead atoms. The summed E-state index contributed by atoms with van der Waals surface area (Å²) < 4.78 is 22.3. The van der Waals surface area contributed by atoms with Gasteiger partial charge < -0.3 is 19.4 Å². The molecular formula is C24H18FN3O3S. The summed E-state index contributed by atoms with van der Waals surface area (Å²) in [4.78, 5) is 29.1. The van der Waals surface area contributed by atoms with Crippen LogP contribution < -0.4 is 20.6 Å². The first kappa shape index (κ1) is 21.3. The van der Waals surface area contributed by atoms with Crippen LogP contribution >= 0.6 is 11.9 Å². The number of hydrogen-bond acceptors (Lipinski definition) is 5. The Morgan fingerprint density at radius 2 is 1.75 bits per heavy atom. The monoisotopic (exact) mass is 447 g/mol. The van der Waals surface area contributed by atoms with Gasteiger partial charge in [-0.25, -0.2) is 4.39 Å². The number of anilines is 1. The van der Waals surface area contributed by atoms with Crippen LogP contribution in [0.5, 0.6) is 5.75 Å². The molecule has 0 aliphatic rings. The van der Waals surface area contributed by atoms with Crippen molar-refractivity contribution < 1.29 is 9.13 Å². The van der Waals surface area contributed by atoms with Crippen molar-refractivity contribution >= 4 is 28.7 Å². The van der Waals surface area contributed by atoms with E-state index in [-0.39, 0.29) is 5.75 Å². The van der Waals surface area contributed by atoms with Crippen molar-refractivity contribution in [2.45, 2.75) is 11.8 Å². The highest BCUT2D eigenvalue weighted by molar-refractivity contribution is 8.00. The first-order valence-electron chi connectivity index (χ1n) is 9.54. The van der Waals surface area contributed by atoms with Crippen LogP contribution in [0, 0.1) is 25.1 Å². The van der Waals surface area contributed by atoms with E-state index >= 15 is 0 Å². The van der Waals surface area contributed by atoms with E-state index in [4.69, 9.17) is 11.2 Å². The number of aromatic nitrogens is 2. The zero-order chi connectivity index (χ0) is 22.8. The Bertz CT molecular complexity index is 1500. The van der Waals surface area contributed by atoms with Crippen molar-refractivity contribution in [1.29, 1.82) is 0 Å². The molecule has 0 fully saturated rings. The number of rotatable bonds is 5. The van der Waals surface area contributed by atoms with Gasteiger partial charge in [0, 0.05) is 16.1 Å². The van der Waals surface area contributed by atoms with Crippen LogP contribution in [0.4, 0.5) is 10.1 Å². The minimum atomic E-state index is -0.700. The summed E-state index contributed by atoms with van der Waals surface area (Å²) in [5.74, 6) is 2.36. The molecule has 1 aromatic heterocycles. The smallest absolute Gasteiger partial charge is 0.314 e. The molecule has 0 aliphatic carbocycles. The van der Waals surface area contributed by atoms with Crippen molar-refractivity contribution in [3.63, 3.8) is 0 Å². The molecule has 0 radical (unpaired) electrons. The number of methoxy groups -OCH3 is 1. The maximum atomic E-state index is 14.1. The maximum Gasteiger partial charge on any atom is 0.314 e. The molecule has 1 heterocycles. The zero-order valence-electron chi connectivity index (χ0n) is 17.2. The van der Waals surface area contributed by atoms with Gasteiger partial charge in [0.25, 0.3) is 0 Å². The number of terminal acetylenes is 1. The number of fused-ring (bicyclic) bond motifs is 1. The second-order valence-electron chi connectivity index (χ2n) is 7.03. The zero-order valence-corrected chi connectivity index (χ0v) is 18.0. The van der Waals surface area contributed by atoms with Crippen molar-refractivity contribution in [1.82, 2.24) is 9.97 Å². The highest BCUT2D eigenvalue weighted by Gasteiger charge is 2.10. The molecule has 6 nitrogen and oxygen atoms in total. The van der Waals surface area contributed by atoms with Crippen LogP contribution in [0.2, 0.25) is 0 Å². The number of nitrogens with one attached hydrogen (secondary N) is 3. The fourth-order valence-electron chi connectivity index (χ4n) is 3.29. The van der Waals surface area contributed by atoms with E-state index in [1.807, 2.05) is 19.1 Å². The largest absolute Gasteiger partial charge is 0.494 e. The Labute approximate surface area is 187 Å². The molecule has 0 unspecified atom stereocenters. The summed E-state index contributed by atoms with van der Waals surface area (Å²) in [6.07, 6.45) is 5.71. The summed E-state index contributed by atoms with van der Waals surface area (Å²) in [6, 6.07) is 13.8. The van der Waals surface area contributed by atoms with Gasteiger partial charge in [-0.15, -0.1) is 6.42 Å². The minimum Gasteiger partial charge on any atom is -0.494 e. The van der Waals surface area contributed by atoms with Crippen molar-refractivity contribution in [2.75, 3.05) is 11.8 Å². The number of H-pyrrole nitrogens is 2. The lowest BCUT2D eigenvalue weighted by Gasteiger charge is -2.12. The second kappa shape index (κ2) is 8.65. The summed E-state index contributed by atoms with van der Waals surface area (Å²) in [6.45, 7) is 1.90. The van der Waals surface area contributed by atoms with Gasteiger partial charge in [-0.1, -0.05) is 18.1 Å². The van der Waals surface area contributed by atoms with Gasteiger partial charge in [-0.3, -0.25) is 9.59 Å². The molecule has 0 amide bonds. The standard InChI is InChI=1S/C24H18FN3O3S/c1-4-14-10-16(6-7-17(14)15-5-8-21(31-3)18(25)11-15)28-32-22-12-20-19(9-13(22)2)26-23(29)24(30)27-20/h1,5-12,28H,2-3H3,(H,26,29)(H,27,30). The van der Waals surface area contributed by atoms with E-state index < -0.39 is 16.9 Å². The van der Waals surface area contributed by atoms with Gasteiger partial charge in [0.05, 0.1) is 18.1 Å². The number of benzene rings is 3. The van der Waals surface area contributed by atoms with Gasteiger partial charge in [-0.2, -0.15) is 0 Å². The van der Waals surface area contributed by atoms with E-state index in [9.17, 15) is 14.0 Å². The van der Waals surface area contributed by atoms with Crippen LogP contribution in [-0.2, 0) is 0 Å². The lowest BCUT2D eigenvalue weighted by Crippen LogP contribution is -2.28. The number of halogens is 1. The average Bonchev–Trinajstić information content (AvgIpc) is 2.78. The van der Waals surface area contributed by atoms with Crippen molar-refractivity contribution in [2.24, 2.45) is 0 Å². The Morgan fingerprint density at radius 3 is 2.41 bits per heavy atom. The van der Waals surface area contributed by atoms with E-state index in [1.165, 1.54) is 25.1 Å². The fourth-order valence-corrected chi connectivity index (χ4v) is 4.04. The maximum absolute atomic E-state index is 14.1. The third kappa shape index (κ3) is 4.11. The van der Waals surface area contributed by atoms with E-state index in [0.29, 0.717) is 22.2 Å². The Morgan fingerprint density at radius 1 is 1.03 bits per heavy atom. The van der Waals surface area contributed by atoms with Gasteiger partial charge >= 0.3 is 11.1 Å². The molecule has 0 saturated carbocycles. The van der Waals surface area contributed by atoms with Gasteiger partial charge in [0.15, 0.2) is 11.6 Å². The molecule has 0 spiro atoms. The van der Waals surface area contributed by atoms with E-state index in [2.05, 4.69) is 20.6 Å². The number of aryl methyl sites for hydroxylation is 1. The molecular weight excluding hydrogens is 429 g/mol. The first-order chi connectivity index (χ1) is 15.4. The molecule has 8 heteroatoms. The molecule has 160 valence electrons. The average molecular weight is 447 g/mol. The molecule has 0 aliphatic heterocycles. The molecule has 3 aromatic carbocycles. The predicted molar refractivity (Wildman–Crippen MR) is 126 cm³/mol. The number of hydrogen-bond donors (Lipinski definition) is 3. The van der Waals surface area contributed by atoms with Crippen molar-refractivity contribution in [3.8, 4) is 29.2 Å². The third-order valence-corrected chi connectivity index (χ3v) is 5.93. The van der Waals surface area contributed by atoms with Gasteiger partial charge in [0.2, 0.25) is 0 Å². The van der Waals surface area contributed by atoms with Crippen LogP contribution in [0.15, 0.2) is 63.0 Å². The quantitative estimate of drug-likeness (QED) is 0.239. The Kier molecular flexibility index (Phi) is 5.75. The molecule has 0 saturated heterocycles. The van der Waals surface area contributed by atoms with E-state index in [1.54, 1.807) is 30.3 Å². The molecule has 4 rings (SSSR count).